The summed E-state index contributed by atoms with van der Waals surface area (Å²) in [4.78, 5) is 23.1. The van der Waals surface area contributed by atoms with Crippen LogP contribution in [0.5, 0.6) is 5.75 Å². The highest BCUT2D eigenvalue weighted by Gasteiger charge is 2.23. The second-order valence-corrected chi connectivity index (χ2v) is 4.22. The van der Waals surface area contributed by atoms with Crippen molar-refractivity contribution in [2.24, 2.45) is 0 Å². The molecule has 7 nitrogen and oxygen atoms in total. The van der Waals surface area contributed by atoms with Crippen LogP contribution in [0.15, 0.2) is 18.2 Å². The van der Waals surface area contributed by atoms with Crippen molar-refractivity contribution in [3.8, 4) is 5.75 Å². The number of carboxylic acid groups (broad SMARTS) is 1. The molecule has 1 aromatic rings. The van der Waals surface area contributed by atoms with Crippen LogP contribution in [0.1, 0.15) is 20.3 Å². The molecule has 0 aromatic heterocycles. The Morgan fingerprint density at radius 2 is 2.15 bits per heavy atom. The zero-order valence-electron chi connectivity index (χ0n) is 11.7. The lowest BCUT2D eigenvalue weighted by atomic mass is 10.1. The van der Waals surface area contributed by atoms with E-state index >= 15 is 0 Å². The second kappa shape index (κ2) is 6.74. The average Bonchev–Trinajstić information content (AvgIpc) is 2.39. The first-order valence-corrected chi connectivity index (χ1v) is 6.29. The molecule has 0 amide bonds. The molecule has 0 aliphatic carbocycles. The zero-order chi connectivity index (χ0) is 15.3. The lowest BCUT2D eigenvalue weighted by Crippen LogP contribution is -2.37. The predicted octanol–water partition coefficient (Wildman–Crippen LogP) is 2.29. The monoisotopic (exact) mass is 282 g/mol. The van der Waals surface area contributed by atoms with Crippen molar-refractivity contribution in [1.82, 2.24) is 0 Å². The van der Waals surface area contributed by atoms with Crippen LogP contribution in [0.2, 0.25) is 0 Å². The summed E-state index contributed by atoms with van der Waals surface area (Å²) >= 11 is 0. The first kappa shape index (κ1) is 15.7. The molecule has 0 heterocycles. The largest absolute Gasteiger partial charge is 0.487 e. The summed E-state index contributed by atoms with van der Waals surface area (Å²) in [5, 5.41) is 20.0. The van der Waals surface area contributed by atoms with E-state index in [9.17, 15) is 14.9 Å². The number of rotatable bonds is 7. The molecule has 1 atom stereocenters. The van der Waals surface area contributed by atoms with E-state index < -0.39 is 16.9 Å². The number of benzene rings is 1. The van der Waals surface area contributed by atoms with Crippen molar-refractivity contribution in [2.75, 3.05) is 18.6 Å². The van der Waals surface area contributed by atoms with Crippen LogP contribution in [0.3, 0.4) is 0 Å². The van der Waals surface area contributed by atoms with Gasteiger partial charge in [0.1, 0.15) is 6.04 Å². The average molecular weight is 282 g/mol. The van der Waals surface area contributed by atoms with E-state index in [4.69, 9.17) is 9.84 Å². The summed E-state index contributed by atoms with van der Waals surface area (Å²) in [6.45, 7) is 3.79. The third-order valence-corrected chi connectivity index (χ3v) is 2.99. The Balaban J connectivity index is 3.16. The van der Waals surface area contributed by atoms with Crippen LogP contribution in [0.4, 0.5) is 11.4 Å². The molecule has 1 rings (SSSR count). The van der Waals surface area contributed by atoms with Gasteiger partial charge in [-0.3, -0.25) is 10.1 Å². The number of hydrogen-bond acceptors (Lipinski definition) is 5. The topological polar surface area (TPSA) is 92.9 Å². The quantitative estimate of drug-likeness (QED) is 0.609. The van der Waals surface area contributed by atoms with E-state index in [0.717, 1.165) is 0 Å². The molecular weight excluding hydrogens is 264 g/mol. The van der Waals surface area contributed by atoms with Crippen LogP contribution in [0, 0.1) is 10.1 Å². The Morgan fingerprint density at radius 3 is 2.60 bits per heavy atom. The van der Waals surface area contributed by atoms with Gasteiger partial charge in [-0.05, 0) is 19.4 Å². The summed E-state index contributed by atoms with van der Waals surface area (Å²) in [6.07, 6.45) is 0.423. The van der Waals surface area contributed by atoms with E-state index in [1.54, 1.807) is 25.8 Å². The van der Waals surface area contributed by atoms with Crippen molar-refractivity contribution in [3.63, 3.8) is 0 Å². The molecule has 0 aliphatic heterocycles. The fourth-order valence-electron chi connectivity index (χ4n) is 1.94. The summed E-state index contributed by atoms with van der Waals surface area (Å²) in [7, 11) is 1.64. The fraction of sp³-hybridized carbons (Fsp3) is 0.462. The Kier molecular flexibility index (Phi) is 5.31. The molecule has 1 aromatic carbocycles. The van der Waals surface area contributed by atoms with Gasteiger partial charge >= 0.3 is 11.7 Å². The lowest BCUT2D eigenvalue weighted by molar-refractivity contribution is -0.385. The summed E-state index contributed by atoms with van der Waals surface area (Å²) in [6, 6.07) is 3.65. The molecule has 1 N–H and O–H groups in total. The number of carbonyl (C=O) groups is 1. The fourth-order valence-corrected chi connectivity index (χ4v) is 1.94. The molecule has 0 saturated heterocycles. The molecule has 110 valence electrons. The maximum atomic E-state index is 11.1. The Hall–Kier alpha value is -2.31. The number of aliphatic carboxylic acids is 1. The summed E-state index contributed by atoms with van der Waals surface area (Å²) in [5.41, 5.74) is 0.431. The highest BCUT2D eigenvalue weighted by molar-refractivity contribution is 5.78. The van der Waals surface area contributed by atoms with E-state index in [0.29, 0.717) is 18.7 Å². The Bertz CT molecular complexity index is 504. The number of nitro benzene ring substituents is 1. The molecule has 0 spiro atoms. The van der Waals surface area contributed by atoms with Crippen molar-refractivity contribution in [3.05, 3.63) is 28.3 Å². The number of nitrogens with zero attached hydrogens (tertiary/aromatic N) is 2. The van der Waals surface area contributed by atoms with Crippen LogP contribution in [-0.4, -0.2) is 35.7 Å². The van der Waals surface area contributed by atoms with Gasteiger partial charge in [0.15, 0.2) is 5.75 Å². The molecule has 7 heteroatoms. The van der Waals surface area contributed by atoms with Gasteiger partial charge < -0.3 is 14.7 Å². The summed E-state index contributed by atoms with van der Waals surface area (Å²) < 4.78 is 5.25. The first-order chi connectivity index (χ1) is 9.42. The Morgan fingerprint density at radius 1 is 1.50 bits per heavy atom. The van der Waals surface area contributed by atoms with Gasteiger partial charge in [0.25, 0.3) is 0 Å². The number of ether oxygens (including phenoxy) is 1. The molecule has 20 heavy (non-hydrogen) atoms. The van der Waals surface area contributed by atoms with E-state index in [-0.39, 0.29) is 11.4 Å². The maximum absolute atomic E-state index is 11.1. The van der Waals surface area contributed by atoms with Crippen LogP contribution in [-0.2, 0) is 4.79 Å². The number of carboxylic acids is 1. The van der Waals surface area contributed by atoms with E-state index in [1.807, 2.05) is 0 Å². The van der Waals surface area contributed by atoms with Crippen molar-refractivity contribution in [2.45, 2.75) is 26.3 Å². The number of nitro groups is 1. The molecule has 0 bridgehead atoms. The highest BCUT2D eigenvalue weighted by Crippen LogP contribution is 2.32. The molecule has 0 aliphatic rings. The molecule has 0 saturated carbocycles. The minimum absolute atomic E-state index is 0.132. The van der Waals surface area contributed by atoms with Gasteiger partial charge in [0, 0.05) is 24.9 Å². The SMILES string of the molecule is CCOc1cc(N(C)C(CC)C(=O)O)ccc1[N+](=O)[O-]. The van der Waals surface area contributed by atoms with Gasteiger partial charge in [-0.25, -0.2) is 4.79 Å². The van der Waals surface area contributed by atoms with Crippen molar-refractivity contribution >= 4 is 17.3 Å². The zero-order valence-corrected chi connectivity index (χ0v) is 11.7. The predicted molar refractivity (Wildman–Crippen MR) is 74.4 cm³/mol. The molecular formula is C13H18N2O5. The third kappa shape index (κ3) is 3.37. The van der Waals surface area contributed by atoms with Gasteiger partial charge in [-0.1, -0.05) is 6.92 Å². The molecule has 0 fully saturated rings. The van der Waals surface area contributed by atoms with E-state index in [1.165, 1.54) is 18.2 Å². The van der Waals surface area contributed by atoms with Crippen LogP contribution < -0.4 is 9.64 Å². The third-order valence-electron chi connectivity index (χ3n) is 2.99. The minimum Gasteiger partial charge on any atom is -0.487 e. The minimum atomic E-state index is -0.939. The molecule has 1 unspecified atom stereocenters. The second-order valence-electron chi connectivity index (χ2n) is 4.22. The summed E-state index contributed by atoms with van der Waals surface area (Å²) in [5.74, 6) is -0.798. The van der Waals surface area contributed by atoms with Crippen molar-refractivity contribution in [1.29, 1.82) is 0 Å². The van der Waals surface area contributed by atoms with Gasteiger partial charge in [0.2, 0.25) is 0 Å². The highest BCUT2D eigenvalue weighted by atomic mass is 16.6. The number of likely N-dealkylation sites (N-methyl/N-ethyl adjacent to an activating group) is 1. The standard InChI is InChI=1S/C13H18N2O5/c1-4-10(13(16)17)14(3)9-6-7-11(15(18)19)12(8-9)20-5-2/h6-8,10H,4-5H2,1-3H3,(H,16,17). The Labute approximate surface area is 116 Å². The van der Waals surface area contributed by atoms with Gasteiger partial charge in [0.05, 0.1) is 11.5 Å². The van der Waals surface area contributed by atoms with Crippen LogP contribution in [0.25, 0.3) is 0 Å². The molecule has 0 radical (unpaired) electrons. The van der Waals surface area contributed by atoms with Crippen LogP contribution >= 0.6 is 0 Å². The van der Waals surface area contributed by atoms with Gasteiger partial charge in [-0.15, -0.1) is 0 Å². The van der Waals surface area contributed by atoms with E-state index in [2.05, 4.69) is 0 Å². The smallest absolute Gasteiger partial charge is 0.326 e. The maximum Gasteiger partial charge on any atom is 0.326 e. The normalized spacial score (nSPS) is 11.8. The lowest BCUT2D eigenvalue weighted by Gasteiger charge is -2.26. The first-order valence-electron chi connectivity index (χ1n) is 6.29. The van der Waals surface area contributed by atoms with Crippen molar-refractivity contribution < 1.29 is 19.6 Å². The van der Waals surface area contributed by atoms with Gasteiger partial charge in [-0.2, -0.15) is 0 Å². The number of anilines is 1. The number of hydrogen-bond donors (Lipinski definition) is 1.